The number of benzene rings is 1. The molecule has 2 aromatic heterocycles. The van der Waals surface area contributed by atoms with Crippen LogP contribution in [0.5, 0.6) is 0 Å². The molecule has 1 N–H and O–H groups in total. The number of rotatable bonds is 5. The third-order valence-corrected chi connectivity index (χ3v) is 6.61. The Morgan fingerprint density at radius 2 is 1.89 bits per heavy atom. The molecule has 0 spiro atoms. The minimum atomic E-state index is -4.08. The summed E-state index contributed by atoms with van der Waals surface area (Å²) in [5.74, 6) is -0.629. The molecule has 3 heterocycles. The fourth-order valence-electron chi connectivity index (χ4n) is 3.22. The molecular weight excluding hydrogens is 392 g/mol. The number of sulfonamides is 1. The summed E-state index contributed by atoms with van der Waals surface area (Å²) in [6.45, 7) is 2.00. The van der Waals surface area contributed by atoms with E-state index >= 15 is 0 Å². The predicted molar refractivity (Wildman–Crippen MR) is 93.7 cm³/mol. The Balaban J connectivity index is 1.40. The fraction of sp³-hybridized carbons (Fsp3) is 0.278. The molecule has 1 fully saturated rings. The van der Waals surface area contributed by atoms with E-state index in [-0.39, 0.29) is 13.1 Å². The summed E-state index contributed by atoms with van der Waals surface area (Å²) < 4.78 is 64.3. The average molecular weight is 410 g/mol. The highest BCUT2D eigenvalue weighted by Crippen LogP contribution is 2.21. The molecule has 1 aliphatic rings. The maximum absolute atomic E-state index is 13.9. The lowest BCUT2D eigenvalue weighted by molar-refractivity contribution is -0.917. The van der Waals surface area contributed by atoms with Gasteiger partial charge in [0.15, 0.2) is 5.76 Å². The monoisotopic (exact) mass is 410 g/mol. The van der Waals surface area contributed by atoms with E-state index in [2.05, 4.69) is 5.16 Å². The van der Waals surface area contributed by atoms with Crippen molar-refractivity contribution < 1.29 is 31.0 Å². The van der Waals surface area contributed by atoms with Crippen LogP contribution in [0.4, 0.5) is 8.78 Å². The van der Waals surface area contributed by atoms with Crippen LogP contribution in [0.25, 0.3) is 11.5 Å². The van der Waals surface area contributed by atoms with Crippen LogP contribution >= 0.6 is 0 Å². The maximum atomic E-state index is 13.9. The zero-order valence-electron chi connectivity index (χ0n) is 14.8. The van der Waals surface area contributed by atoms with Gasteiger partial charge in [0.25, 0.3) is 0 Å². The van der Waals surface area contributed by atoms with E-state index in [0.717, 1.165) is 28.8 Å². The van der Waals surface area contributed by atoms with E-state index in [1.54, 1.807) is 24.5 Å². The van der Waals surface area contributed by atoms with Gasteiger partial charge >= 0.3 is 0 Å². The van der Waals surface area contributed by atoms with Crippen molar-refractivity contribution in [1.82, 2.24) is 9.46 Å². The Morgan fingerprint density at radius 3 is 2.61 bits per heavy atom. The number of aromatic nitrogens is 1. The van der Waals surface area contributed by atoms with Crippen LogP contribution in [0.2, 0.25) is 0 Å². The van der Waals surface area contributed by atoms with E-state index in [9.17, 15) is 17.2 Å². The highest BCUT2D eigenvalue weighted by molar-refractivity contribution is 7.89. The first-order valence-corrected chi connectivity index (χ1v) is 10.2. The Labute approximate surface area is 160 Å². The van der Waals surface area contributed by atoms with Crippen LogP contribution in [0.1, 0.15) is 5.69 Å². The number of quaternary nitrogens is 1. The molecule has 1 aromatic carbocycles. The summed E-state index contributed by atoms with van der Waals surface area (Å²) in [6, 6.07) is 7.75. The Bertz CT molecular complexity index is 1060. The Hall–Kier alpha value is -2.56. The third kappa shape index (κ3) is 3.71. The lowest BCUT2D eigenvalue weighted by atomic mass is 10.3. The van der Waals surface area contributed by atoms with Crippen molar-refractivity contribution in [3.63, 3.8) is 0 Å². The van der Waals surface area contributed by atoms with Crippen LogP contribution < -0.4 is 4.90 Å². The van der Waals surface area contributed by atoms with Crippen molar-refractivity contribution in [3.8, 4) is 11.5 Å². The van der Waals surface area contributed by atoms with Gasteiger partial charge in [0.1, 0.15) is 28.8 Å². The summed E-state index contributed by atoms with van der Waals surface area (Å²) in [6.07, 6.45) is 1.55. The van der Waals surface area contributed by atoms with Crippen LogP contribution in [0.15, 0.2) is 56.5 Å². The summed E-state index contributed by atoms with van der Waals surface area (Å²) in [7, 11) is -4.08. The smallest absolute Gasteiger partial charge is 0.246 e. The van der Waals surface area contributed by atoms with Crippen LogP contribution in [-0.4, -0.2) is 44.1 Å². The molecule has 1 saturated heterocycles. The molecule has 0 bridgehead atoms. The second-order valence-electron chi connectivity index (χ2n) is 6.57. The number of hydrogen-bond donors (Lipinski definition) is 1. The highest BCUT2D eigenvalue weighted by Gasteiger charge is 2.33. The van der Waals surface area contributed by atoms with E-state index in [0.29, 0.717) is 31.2 Å². The van der Waals surface area contributed by atoms with Crippen molar-refractivity contribution in [2.45, 2.75) is 11.4 Å². The van der Waals surface area contributed by atoms with Gasteiger partial charge in [0.05, 0.1) is 32.4 Å². The number of piperazine rings is 1. The van der Waals surface area contributed by atoms with Gasteiger partial charge < -0.3 is 13.8 Å². The first-order valence-electron chi connectivity index (χ1n) is 8.72. The predicted octanol–water partition coefficient (Wildman–Crippen LogP) is 1.30. The molecule has 0 amide bonds. The van der Waals surface area contributed by atoms with E-state index < -0.39 is 26.6 Å². The van der Waals surface area contributed by atoms with Crippen molar-refractivity contribution >= 4 is 10.0 Å². The normalized spacial score (nSPS) is 16.5. The minimum Gasteiger partial charge on any atom is -0.461 e. The van der Waals surface area contributed by atoms with Gasteiger partial charge in [-0.2, -0.15) is 4.31 Å². The summed E-state index contributed by atoms with van der Waals surface area (Å²) in [4.78, 5) is 0.487. The van der Waals surface area contributed by atoms with Crippen molar-refractivity contribution in [1.29, 1.82) is 0 Å². The molecule has 10 heteroatoms. The van der Waals surface area contributed by atoms with Crippen molar-refractivity contribution in [2.75, 3.05) is 26.2 Å². The molecule has 28 heavy (non-hydrogen) atoms. The quantitative estimate of drug-likeness (QED) is 0.686. The summed E-state index contributed by atoms with van der Waals surface area (Å²) in [5, 5.41) is 4.02. The van der Waals surface area contributed by atoms with Gasteiger partial charge in [-0.25, -0.2) is 17.2 Å². The lowest BCUT2D eigenvalue weighted by Gasteiger charge is -2.31. The topological polar surface area (TPSA) is 81.0 Å². The average Bonchev–Trinajstić information content (AvgIpc) is 3.36. The summed E-state index contributed by atoms with van der Waals surface area (Å²) in [5.41, 5.74) is 0.730. The summed E-state index contributed by atoms with van der Waals surface area (Å²) >= 11 is 0. The van der Waals surface area contributed by atoms with Gasteiger partial charge in [-0.1, -0.05) is 5.16 Å². The first kappa shape index (κ1) is 18.8. The van der Waals surface area contributed by atoms with Crippen molar-refractivity contribution in [2.24, 2.45) is 0 Å². The van der Waals surface area contributed by atoms with Crippen molar-refractivity contribution in [3.05, 3.63) is 60.0 Å². The second-order valence-corrected chi connectivity index (χ2v) is 8.47. The third-order valence-electron chi connectivity index (χ3n) is 4.69. The minimum absolute atomic E-state index is 0.205. The number of nitrogens with one attached hydrogen (secondary N) is 1. The fourth-order valence-corrected chi connectivity index (χ4v) is 4.74. The number of halogens is 2. The van der Waals surface area contributed by atoms with Gasteiger partial charge in [-0.15, -0.1) is 0 Å². The Kier molecular flexibility index (Phi) is 5.00. The van der Waals surface area contributed by atoms with Gasteiger partial charge in [-0.05, 0) is 30.3 Å². The molecule has 3 aromatic rings. The largest absolute Gasteiger partial charge is 0.461 e. The second kappa shape index (κ2) is 7.46. The van der Waals surface area contributed by atoms with E-state index in [1.807, 2.05) is 0 Å². The van der Waals surface area contributed by atoms with E-state index in [1.165, 1.54) is 4.31 Å². The highest BCUT2D eigenvalue weighted by atomic mass is 32.2. The number of nitrogens with zero attached hydrogens (tertiary/aromatic N) is 2. The molecule has 0 aliphatic carbocycles. The lowest BCUT2D eigenvalue weighted by Crippen LogP contribution is -3.13. The van der Waals surface area contributed by atoms with Crippen LogP contribution in [-0.2, 0) is 16.6 Å². The molecular formula is C18H18F2N3O4S+. The van der Waals surface area contributed by atoms with Crippen LogP contribution in [0, 0.1) is 11.6 Å². The molecule has 0 radical (unpaired) electrons. The standard InChI is InChI=1S/C18H17F2N3O4S/c19-13-3-4-15(20)18(10-13)28(24,25)23-7-5-22(6-8-23)12-14-11-17(27-21-14)16-2-1-9-26-16/h1-4,9-11H,5-8,12H2/p+1. The zero-order chi connectivity index (χ0) is 19.7. The zero-order valence-corrected chi connectivity index (χ0v) is 15.6. The van der Waals surface area contributed by atoms with Gasteiger partial charge in [0.2, 0.25) is 15.8 Å². The first-order chi connectivity index (χ1) is 13.4. The van der Waals surface area contributed by atoms with E-state index in [4.69, 9.17) is 8.94 Å². The van der Waals surface area contributed by atoms with Gasteiger partial charge in [0, 0.05) is 6.07 Å². The maximum Gasteiger partial charge on any atom is 0.246 e. The van der Waals surface area contributed by atoms with Gasteiger partial charge in [-0.3, -0.25) is 0 Å². The SMILES string of the molecule is O=S(=O)(c1cc(F)ccc1F)N1CC[NH+](Cc2cc(-c3ccco3)on2)CC1. The van der Waals surface area contributed by atoms with Crippen LogP contribution in [0.3, 0.4) is 0 Å². The molecule has 0 atom stereocenters. The number of hydrogen-bond acceptors (Lipinski definition) is 5. The Morgan fingerprint density at radius 1 is 1.11 bits per heavy atom. The molecule has 0 unspecified atom stereocenters. The number of furan rings is 1. The molecule has 0 saturated carbocycles. The molecule has 4 rings (SSSR count). The molecule has 148 valence electrons. The molecule has 7 nitrogen and oxygen atoms in total. The molecule has 1 aliphatic heterocycles.